The molecule has 326 valence electrons. The summed E-state index contributed by atoms with van der Waals surface area (Å²) in [4.78, 5) is 96.8. The molecule has 4 heterocycles. The lowest BCUT2D eigenvalue weighted by atomic mass is 10.0. The second-order valence-corrected chi connectivity index (χ2v) is 15.3. The van der Waals surface area contributed by atoms with Crippen molar-refractivity contribution in [2.45, 2.75) is 38.1 Å². The van der Waals surface area contributed by atoms with Crippen LogP contribution in [0.15, 0.2) is 30.5 Å². The Bertz CT molecular complexity index is 1810. The largest absolute Gasteiger partial charge is 0.494 e. The van der Waals surface area contributed by atoms with Gasteiger partial charge in [-0.3, -0.25) is 48.6 Å². The quantitative estimate of drug-likeness (QED) is 0.179. The van der Waals surface area contributed by atoms with Crippen molar-refractivity contribution in [2.75, 3.05) is 125 Å². The van der Waals surface area contributed by atoms with Gasteiger partial charge in [0.2, 0.25) is 11.8 Å². The number of hydrogen-bond acceptors (Lipinski definition) is 15. The lowest BCUT2D eigenvalue weighted by Crippen LogP contribution is -2.53. The molecule has 1 aromatic heterocycles. The maximum atomic E-state index is 13.5. The van der Waals surface area contributed by atoms with Gasteiger partial charge in [0.25, 0.3) is 0 Å². The lowest BCUT2D eigenvalue weighted by molar-refractivity contribution is -0.191. The first-order valence-electron chi connectivity index (χ1n) is 20.4. The van der Waals surface area contributed by atoms with Crippen molar-refractivity contribution in [3.8, 4) is 11.8 Å². The van der Waals surface area contributed by atoms with Crippen LogP contribution in [0.3, 0.4) is 0 Å². The van der Waals surface area contributed by atoms with E-state index in [1.54, 1.807) is 17.2 Å². The van der Waals surface area contributed by atoms with E-state index in [4.69, 9.17) is 14.3 Å². The van der Waals surface area contributed by atoms with E-state index in [1.807, 2.05) is 44.8 Å². The molecule has 19 heteroatoms. The Morgan fingerprint density at radius 2 is 1.35 bits per heavy atom. The number of aliphatic carboxylic acids is 2. The number of hydrogen-bond donors (Lipinski definition) is 2. The minimum atomic E-state index is -0.894. The summed E-state index contributed by atoms with van der Waals surface area (Å²) in [7, 11) is 1.95. The predicted octanol–water partition coefficient (Wildman–Crippen LogP) is 0.0625. The molecule has 19 nitrogen and oxygen atoms in total. The molecule has 3 aliphatic heterocycles. The number of pyridine rings is 1. The maximum Gasteiger partial charge on any atom is 0.373 e. The summed E-state index contributed by atoms with van der Waals surface area (Å²) in [5.41, 5.74) is 1.15. The summed E-state index contributed by atoms with van der Waals surface area (Å²) in [6, 6.07) is 8.90. The lowest BCUT2D eigenvalue weighted by Gasteiger charge is -2.36. The van der Waals surface area contributed by atoms with Crippen LogP contribution in [0.25, 0.3) is 10.9 Å². The van der Waals surface area contributed by atoms with Crippen molar-refractivity contribution in [2.24, 2.45) is 0 Å². The molecule has 60 heavy (non-hydrogen) atoms. The van der Waals surface area contributed by atoms with E-state index >= 15 is 0 Å². The van der Waals surface area contributed by atoms with Crippen LogP contribution < -0.4 is 4.74 Å². The number of carboxylic acid groups (broad SMARTS) is 2. The third-order valence-corrected chi connectivity index (χ3v) is 11.1. The molecule has 1 atom stereocenters. The highest BCUT2D eigenvalue weighted by molar-refractivity contribution is 6.08. The van der Waals surface area contributed by atoms with Crippen LogP contribution >= 0.6 is 0 Å². The molecule has 1 aromatic carbocycles. The minimum Gasteiger partial charge on any atom is -0.494 e. The van der Waals surface area contributed by atoms with Crippen LogP contribution in [0.1, 0.15) is 42.5 Å². The van der Waals surface area contributed by atoms with Gasteiger partial charge in [-0.1, -0.05) is 0 Å². The van der Waals surface area contributed by atoms with Crippen molar-refractivity contribution in [3.63, 3.8) is 0 Å². The van der Waals surface area contributed by atoms with Crippen molar-refractivity contribution in [3.05, 3.63) is 36.0 Å². The van der Waals surface area contributed by atoms with Crippen molar-refractivity contribution >= 4 is 46.6 Å². The molecule has 2 aromatic rings. The summed E-state index contributed by atoms with van der Waals surface area (Å²) < 4.78 is 6.09. The standard InChI is InChI=1S/C40H57N9O8.CO2/c1-43-13-15-46(29-39(53)54)19-17-45(18-20-47(16-14-43)30-40(55)56)28-38(52)48-23-21-44(22-24-48)11-3-25-57-32-5-6-35-34(26-32)33(9-10-42-35)36(50)7-8-37(51)49-12-2-4-31(49)27-41;2-1-3/h5-6,9-10,26,31H,2-4,7-8,11-25,28-30H2,1H3,(H,53,54)(H,55,56);/t31-;/m0./s1. The first-order valence-corrected chi connectivity index (χ1v) is 20.4. The van der Waals surface area contributed by atoms with E-state index in [2.05, 4.69) is 20.9 Å². The van der Waals surface area contributed by atoms with Gasteiger partial charge in [-0.2, -0.15) is 14.9 Å². The van der Waals surface area contributed by atoms with E-state index in [9.17, 15) is 39.4 Å². The second kappa shape index (κ2) is 24.7. The molecular weight excluding hydrogens is 779 g/mol. The Morgan fingerprint density at radius 3 is 1.95 bits per heavy atom. The summed E-state index contributed by atoms with van der Waals surface area (Å²) in [5.74, 6) is -1.49. The molecule has 3 fully saturated rings. The zero-order valence-corrected chi connectivity index (χ0v) is 34.4. The van der Waals surface area contributed by atoms with Gasteiger partial charge in [-0.25, -0.2) is 0 Å². The minimum absolute atomic E-state index is 0.00820. The van der Waals surface area contributed by atoms with Gasteiger partial charge in [-0.05, 0) is 50.6 Å². The van der Waals surface area contributed by atoms with Gasteiger partial charge in [-0.15, -0.1) is 0 Å². The number of likely N-dealkylation sites (tertiary alicyclic amines) is 1. The highest BCUT2D eigenvalue weighted by Gasteiger charge is 2.29. The zero-order valence-electron chi connectivity index (χ0n) is 34.4. The Labute approximate surface area is 350 Å². The highest BCUT2D eigenvalue weighted by Crippen LogP contribution is 2.25. The van der Waals surface area contributed by atoms with Crippen LogP contribution in [0, 0.1) is 11.3 Å². The van der Waals surface area contributed by atoms with Gasteiger partial charge in [0, 0.05) is 122 Å². The monoisotopic (exact) mass is 835 g/mol. The normalized spacial score (nSPS) is 19.2. The number of fused-ring (bicyclic) bond motifs is 1. The van der Waals surface area contributed by atoms with Gasteiger partial charge in [0.1, 0.15) is 11.8 Å². The summed E-state index contributed by atoms with van der Waals surface area (Å²) in [6.07, 6.45) is 4.17. The van der Waals surface area contributed by atoms with E-state index in [1.165, 1.54) is 0 Å². The summed E-state index contributed by atoms with van der Waals surface area (Å²) in [5, 5.41) is 28.9. The Hall–Kier alpha value is -5.35. The number of rotatable bonds is 15. The number of Topliss-reactive ketones (excluding diaryl/α,β-unsaturated/α-hetero) is 1. The Balaban J connectivity index is 0.00000257. The number of likely N-dealkylation sites (N-methyl/N-ethyl adjacent to an activating group) is 1. The molecule has 5 rings (SSSR count). The molecule has 3 saturated heterocycles. The van der Waals surface area contributed by atoms with Gasteiger partial charge < -0.3 is 29.6 Å². The van der Waals surface area contributed by atoms with Crippen molar-refractivity contribution in [1.29, 1.82) is 5.26 Å². The number of carboxylic acids is 2. The molecule has 0 unspecified atom stereocenters. The first kappa shape index (κ1) is 47.3. The van der Waals surface area contributed by atoms with Gasteiger partial charge in [0.15, 0.2) is 5.78 Å². The number of ether oxygens (including phenoxy) is 1. The number of carbonyl (C=O) groups excluding carboxylic acids is 5. The fourth-order valence-electron chi connectivity index (χ4n) is 7.64. The number of carbonyl (C=O) groups is 5. The molecule has 0 spiro atoms. The zero-order chi connectivity index (χ0) is 43.4. The third kappa shape index (κ3) is 15.4. The molecule has 0 saturated carbocycles. The van der Waals surface area contributed by atoms with Crippen molar-refractivity contribution in [1.82, 2.24) is 39.3 Å². The van der Waals surface area contributed by atoms with Gasteiger partial charge >= 0.3 is 18.1 Å². The average Bonchev–Trinajstić information content (AvgIpc) is 3.72. The van der Waals surface area contributed by atoms with E-state index in [0.29, 0.717) is 107 Å². The number of benzene rings is 1. The van der Waals surface area contributed by atoms with Crippen molar-refractivity contribution < 1.29 is 48.5 Å². The van der Waals surface area contributed by atoms with Crippen LogP contribution in [-0.2, 0) is 28.8 Å². The molecule has 2 N–H and O–H groups in total. The van der Waals surface area contributed by atoms with Crippen LogP contribution in [0.2, 0.25) is 0 Å². The molecule has 3 aliphatic rings. The van der Waals surface area contributed by atoms with E-state index < -0.39 is 18.0 Å². The molecule has 0 aliphatic carbocycles. The number of nitrogens with zero attached hydrogens (tertiary/aromatic N) is 9. The number of aromatic nitrogens is 1. The molecular formula is C41H57N9O10. The number of piperazine rings is 1. The fraction of sp³-hybridized carbons (Fsp3) is 0.610. The number of ketones is 1. The summed E-state index contributed by atoms with van der Waals surface area (Å²) >= 11 is 0. The average molecular weight is 836 g/mol. The van der Waals surface area contributed by atoms with Gasteiger partial charge in [0.05, 0.1) is 37.8 Å². The van der Waals surface area contributed by atoms with E-state index in [0.717, 1.165) is 32.5 Å². The summed E-state index contributed by atoms with van der Waals surface area (Å²) in [6.45, 7) is 8.88. The van der Waals surface area contributed by atoms with Crippen LogP contribution in [-0.4, -0.2) is 216 Å². The number of nitriles is 1. The molecule has 0 radical (unpaired) electrons. The SMILES string of the molecule is CN1CCN(CC(=O)O)CCN(CC(=O)N2CCN(CCCOc3ccc4nccc(C(=O)CCC(=O)N5CCC[C@H]5C#N)c4c3)CC2)CCN(CC(=O)O)CC1.O=C=O. The fourth-order valence-corrected chi connectivity index (χ4v) is 7.64. The maximum absolute atomic E-state index is 13.5. The smallest absolute Gasteiger partial charge is 0.373 e. The number of amides is 2. The third-order valence-electron chi connectivity index (χ3n) is 11.1. The predicted molar refractivity (Wildman–Crippen MR) is 216 cm³/mol. The molecule has 0 bridgehead atoms. The first-order chi connectivity index (χ1) is 28.9. The highest BCUT2D eigenvalue weighted by atomic mass is 16.5. The van der Waals surface area contributed by atoms with E-state index in [-0.39, 0.29) is 56.2 Å². The Kier molecular flexibility index (Phi) is 19.5. The molecule has 2 amide bonds. The topological polar surface area (TPSA) is 229 Å². The Morgan fingerprint density at radius 1 is 0.767 bits per heavy atom. The second-order valence-electron chi connectivity index (χ2n) is 15.3. The van der Waals surface area contributed by atoms with Crippen LogP contribution in [0.4, 0.5) is 0 Å². The van der Waals surface area contributed by atoms with Crippen LogP contribution in [0.5, 0.6) is 5.75 Å².